The van der Waals surface area contributed by atoms with Gasteiger partial charge in [-0.2, -0.15) is 0 Å². The van der Waals surface area contributed by atoms with Crippen molar-refractivity contribution in [2.24, 2.45) is 5.92 Å². The summed E-state index contributed by atoms with van der Waals surface area (Å²) in [4.78, 5) is 0. The quantitative estimate of drug-likeness (QED) is 0.846. The average molecular weight is 237 g/mol. The Morgan fingerprint density at radius 3 is 2.59 bits per heavy atom. The Balaban J connectivity index is 1.81. The molecule has 2 rings (SSSR count). The van der Waals surface area contributed by atoms with Crippen LogP contribution in [-0.4, -0.2) is 17.8 Å². The van der Waals surface area contributed by atoms with Crippen molar-refractivity contribution in [3.63, 3.8) is 0 Å². The van der Waals surface area contributed by atoms with E-state index in [1.165, 1.54) is 0 Å². The van der Waals surface area contributed by atoms with Crippen LogP contribution >= 0.6 is 0 Å². The molecule has 2 N–H and O–H groups in total. The van der Waals surface area contributed by atoms with E-state index in [9.17, 15) is 0 Å². The van der Waals surface area contributed by atoms with E-state index < -0.39 is 0 Å². The fourth-order valence-corrected chi connectivity index (χ4v) is 2.63. The van der Waals surface area contributed by atoms with Crippen molar-refractivity contribution in [3.05, 3.63) is 23.7 Å². The summed E-state index contributed by atoms with van der Waals surface area (Å²) >= 11 is 0. The Bertz CT molecular complexity index is 340. The number of rotatable bonds is 4. The Morgan fingerprint density at radius 1 is 1.35 bits per heavy atom. The van der Waals surface area contributed by atoms with Gasteiger partial charge in [0.1, 0.15) is 11.5 Å². The Hall–Kier alpha value is -0.800. The van der Waals surface area contributed by atoms with Crippen molar-refractivity contribution >= 4 is 0 Å². The molecule has 0 spiro atoms. The second kappa shape index (κ2) is 5.69. The summed E-state index contributed by atoms with van der Waals surface area (Å²) in [7, 11) is 0. The van der Waals surface area contributed by atoms with Crippen molar-refractivity contribution in [3.8, 4) is 0 Å². The van der Waals surface area contributed by atoms with Gasteiger partial charge in [0.15, 0.2) is 0 Å². The highest BCUT2D eigenvalue weighted by Gasteiger charge is 2.22. The molecular formula is C14H23NO2. The van der Waals surface area contributed by atoms with E-state index in [-0.39, 0.29) is 6.04 Å². The van der Waals surface area contributed by atoms with E-state index in [4.69, 9.17) is 9.52 Å². The standard InChI is InChI=1S/C14H23NO2/c1-10-3-8-14(17-10)11(2)15-13-6-4-12(9-16)5-7-13/h3,8,11-13,15-16H,4-7,9H2,1-2H3. The smallest absolute Gasteiger partial charge is 0.120 e. The highest BCUT2D eigenvalue weighted by atomic mass is 16.3. The summed E-state index contributed by atoms with van der Waals surface area (Å²) in [6.45, 7) is 4.47. The molecule has 1 aromatic heterocycles. The highest BCUT2D eigenvalue weighted by molar-refractivity contribution is 5.09. The second-order valence-electron chi connectivity index (χ2n) is 5.24. The van der Waals surface area contributed by atoms with Gasteiger partial charge in [0, 0.05) is 12.6 Å². The first kappa shape index (κ1) is 12.7. The van der Waals surface area contributed by atoms with Crippen molar-refractivity contribution < 1.29 is 9.52 Å². The van der Waals surface area contributed by atoms with Gasteiger partial charge >= 0.3 is 0 Å². The largest absolute Gasteiger partial charge is 0.465 e. The predicted octanol–water partition coefficient (Wildman–Crippen LogP) is 2.79. The van der Waals surface area contributed by atoms with Crippen LogP contribution in [0.1, 0.15) is 50.2 Å². The number of hydrogen-bond acceptors (Lipinski definition) is 3. The first-order valence-electron chi connectivity index (χ1n) is 6.62. The third-order valence-corrected chi connectivity index (χ3v) is 3.78. The molecule has 1 aliphatic rings. The van der Waals surface area contributed by atoms with E-state index in [0.29, 0.717) is 18.6 Å². The SMILES string of the molecule is Cc1ccc(C(C)NC2CCC(CO)CC2)o1. The van der Waals surface area contributed by atoms with E-state index in [1.807, 2.05) is 19.1 Å². The second-order valence-corrected chi connectivity index (χ2v) is 5.24. The maximum Gasteiger partial charge on any atom is 0.120 e. The lowest BCUT2D eigenvalue weighted by Crippen LogP contribution is -2.35. The molecule has 3 nitrogen and oxygen atoms in total. The van der Waals surface area contributed by atoms with Gasteiger partial charge in [-0.1, -0.05) is 0 Å². The molecule has 1 atom stereocenters. The zero-order valence-corrected chi connectivity index (χ0v) is 10.8. The van der Waals surface area contributed by atoms with Gasteiger partial charge in [-0.3, -0.25) is 0 Å². The number of aryl methyl sites for hydroxylation is 1. The Labute approximate surface area is 103 Å². The highest BCUT2D eigenvalue weighted by Crippen LogP contribution is 2.26. The lowest BCUT2D eigenvalue weighted by atomic mass is 9.86. The summed E-state index contributed by atoms with van der Waals surface area (Å²) < 4.78 is 5.63. The number of aliphatic hydroxyl groups excluding tert-OH is 1. The monoisotopic (exact) mass is 237 g/mol. The van der Waals surface area contributed by atoms with Gasteiger partial charge < -0.3 is 14.8 Å². The summed E-state index contributed by atoms with van der Waals surface area (Å²) in [6.07, 6.45) is 4.60. The van der Waals surface area contributed by atoms with Crippen LogP contribution in [0.3, 0.4) is 0 Å². The van der Waals surface area contributed by atoms with Crippen molar-refractivity contribution in [2.45, 2.75) is 51.6 Å². The first-order chi connectivity index (χ1) is 8.19. The van der Waals surface area contributed by atoms with Crippen LogP contribution in [0.2, 0.25) is 0 Å². The van der Waals surface area contributed by atoms with Crippen LogP contribution in [0.15, 0.2) is 16.5 Å². The van der Waals surface area contributed by atoms with Crippen LogP contribution < -0.4 is 5.32 Å². The zero-order chi connectivity index (χ0) is 12.3. The van der Waals surface area contributed by atoms with Crippen LogP contribution in [0.5, 0.6) is 0 Å². The van der Waals surface area contributed by atoms with Crippen LogP contribution in [-0.2, 0) is 0 Å². The van der Waals surface area contributed by atoms with Crippen molar-refractivity contribution in [1.82, 2.24) is 5.32 Å². The predicted molar refractivity (Wildman–Crippen MR) is 67.8 cm³/mol. The van der Waals surface area contributed by atoms with Gasteiger partial charge in [0.05, 0.1) is 6.04 Å². The number of furan rings is 1. The molecular weight excluding hydrogens is 214 g/mol. The molecule has 17 heavy (non-hydrogen) atoms. The van der Waals surface area contributed by atoms with E-state index >= 15 is 0 Å². The van der Waals surface area contributed by atoms with Crippen molar-refractivity contribution in [2.75, 3.05) is 6.61 Å². The van der Waals surface area contributed by atoms with Crippen molar-refractivity contribution in [1.29, 1.82) is 0 Å². The summed E-state index contributed by atoms with van der Waals surface area (Å²) in [5.41, 5.74) is 0. The van der Waals surface area contributed by atoms with E-state index in [1.54, 1.807) is 0 Å². The molecule has 1 unspecified atom stereocenters. The maximum atomic E-state index is 9.10. The summed E-state index contributed by atoms with van der Waals surface area (Å²) in [6, 6.07) is 4.90. The maximum absolute atomic E-state index is 9.10. The molecule has 1 saturated carbocycles. The molecule has 96 valence electrons. The molecule has 0 saturated heterocycles. The minimum atomic E-state index is 0.277. The molecule has 1 aromatic rings. The molecule has 0 bridgehead atoms. The number of aliphatic hydroxyl groups is 1. The van der Waals surface area contributed by atoms with Gasteiger partial charge in [-0.15, -0.1) is 0 Å². The zero-order valence-electron chi connectivity index (χ0n) is 10.8. The van der Waals surface area contributed by atoms with Gasteiger partial charge in [0.25, 0.3) is 0 Å². The molecule has 1 aliphatic carbocycles. The molecule has 0 radical (unpaired) electrons. The summed E-state index contributed by atoms with van der Waals surface area (Å²) in [5, 5.41) is 12.7. The van der Waals surface area contributed by atoms with Gasteiger partial charge in [0.2, 0.25) is 0 Å². The third-order valence-electron chi connectivity index (χ3n) is 3.78. The van der Waals surface area contributed by atoms with E-state index in [2.05, 4.69) is 12.2 Å². The molecule has 1 heterocycles. The summed E-state index contributed by atoms with van der Waals surface area (Å²) in [5.74, 6) is 2.51. The van der Waals surface area contributed by atoms with Crippen LogP contribution in [0, 0.1) is 12.8 Å². The first-order valence-corrected chi connectivity index (χ1v) is 6.62. The van der Waals surface area contributed by atoms with Crippen LogP contribution in [0.4, 0.5) is 0 Å². The fourth-order valence-electron chi connectivity index (χ4n) is 2.63. The molecule has 0 amide bonds. The van der Waals surface area contributed by atoms with Crippen LogP contribution in [0.25, 0.3) is 0 Å². The molecule has 0 aliphatic heterocycles. The topological polar surface area (TPSA) is 45.4 Å². The molecule has 3 heteroatoms. The van der Waals surface area contributed by atoms with Gasteiger partial charge in [-0.25, -0.2) is 0 Å². The molecule has 1 fully saturated rings. The minimum Gasteiger partial charge on any atom is -0.465 e. The molecule has 0 aromatic carbocycles. The number of nitrogens with one attached hydrogen (secondary N) is 1. The van der Waals surface area contributed by atoms with Gasteiger partial charge in [-0.05, 0) is 57.6 Å². The van der Waals surface area contributed by atoms with E-state index in [0.717, 1.165) is 37.2 Å². The average Bonchev–Trinajstić information content (AvgIpc) is 2.77. The Kier molecular flexibility index (Phi) is 4.24. The third kappa shape index (κ3) is 3.33. The fraction of sp³-hybridized carbons (Fsp3) is 0.714. The Morgan fingerprint density at radius 2 is 2.06 bits per heavy atom. The lowest BCUT2D eigenvalue weighted by Gasteiger charge is -2.29. The minimum absolute atomic E-state index is 0.277. The lowest BCUT2D eigenvalue weighted by molar-refractivity contribution is 0.171. The number of hydrogen-bond donors (Lipinski definition) is 2. The normalized spacial score (nSPS) is 27.0.